The highest BCUT2D eigenvalue weighted by molar-refractivity contribution is 9.10. The first-order valence-corrected chi connectivity index (χ1v) is 8.08. The number of carbonyl (C=O) groups is 1. The van der Waals surface area contributed by atoms with Crippen LogP contribution >= 0.6 is 15.9 Å². The van der Waals surface area contributed by atoms with Crippen LogP contribution in [0.25, 0.3) is 0 Å². The largest absolute Gasteiger partial charge is 0.507 e. The molecule has 0 spiro atoms. The Kier molecular flexibility index (Phi) is 6.59. The summed E-state index contributed by atoms with van der Waals surface area (Å²) in [6.45, 7) is 3.92. The molecule has 130 valence electrons. The molecule has 2 rings (SSSR count). The van der Waals surface area contributed by atoms with E-state index in [4.69, 9.17) is 9.47 Å². The zero-order valence-electron chi connectivity index (χ0n) is 13.5. The number of nitrogens with one attached hydrogen (secondary N) is 1. The lowest BCUT2D eigenvalue weighted by molar-refractivity contribution is 0.0954. The molecule has 0 radical (unpaired) electrons. The van der Waals surface area contributed by atoms with Crippen molar-refractivity contribution in [1.82, 2.24) is 5.43 Å². The predicted octanol–water partition coefficient (Wildman–Crippen LogP) is 3.49. The monoisotopic (exact) mass is 404 g/mol. The fourth-order valence-corrected chi connectivity index (χ4v) is 2.31. The Hall–Kier alpha value is -2.80. The minimum Gasteiger partial charge on any atom is -0.507 e. The molecule has 0 unspecified atom stereocenters. The van der Waals surface area contributed by atoms with Crippen LogP contribution in [0.5, 0.6) is 17.2 Å². The summed E-state index contributed by atoms with van der Waals surface area (Å²) in [6, 6.07) is 9.71. The van der Waals surface area contributed by atoms with Gasteiger partial charge in [-0.05, 0) is 36.4 Å². The molecule has 2 N–H and O–H groups in total. The zero-order valence-corrected chi connectivity index (χ0v) is 15.1. The fourth-order valence-electron chi connectivity index (χ4n) is 1.93. The summed E-state index contributed by atoms with van der Waals surface area (Å²) >= 11 is 3.30. The zero-order chi connectivity index (χ0) is 18.2. The van der Waals surface area contributed by atoms with Crippen LogP contribution in [0.2, 0.25) is 0 Å². The van der Waals surface area contributed by atoms with Crippen LogP contribution in [0.4, 0.5) is 0 Å². The number of nitrogens with zero attached hydrogens (tertiary/aromatic N) is 1. The van der Waals surface area contributed by atoms with E-state index < -0.39 is 5.91 Å². The maximum Gasteiger partial charge on any atom is 0.271 e. The van der Waals surface area contributed by atoms with Crippen LogP contribution in [0.15, 0.2) is 58.6 Å². The summed E-state index contributed by atoms with van der Waals surface area (Å²) in [4.78, 5) is 12.2. The van der Waals surface area contributed by atoms with Gasteiger partial charge in [-0.2, -0.15) is 5.10 Å². The van der Waals surface area contributed by atoms with Crippen molar-refractivity contribution in [3.8, 4) is 17.2 Å². The lowest BCUT2D eigenvalue weighted by atomic mass is 10.2. The van der Waals surface area contributed by atoms with Crippen LogP contribution in [-0.4, -0.2) is 30.9 Å². The minimum absolute atomic E-state index is 0.0617. The van der Waals surface area contributed by atoms with Crippen LogP contribution in [0.1, 0.15) is 15.9 Å². The number of rotatable bonds is 7. The topological polar surface area (TPSA) is 80.2 Å². The maximum absolute atomic E-state index is 12.2. The van der Waals surface area contributed by atoms with Crippen LogP contribution in [0, 0.1) is 0 Å². The van der Waals surface area contributed by atoms with Crippen molar-refractivity contribution >= 4 is 28.1 Å². The fraction of sp³-hybridized carbons (Fsp3) is 0.111. The van der Waals surface area contributed by atoms with Gasteiger partial charge >= 0.3 is 0 Å². The molecule has 2 aromatic rings. The van der Waals surface area contributed by atoms with Gasteiger partial charge in [-0.25, -0.2) is 5.43 Å². The lowest BCUT2D eigenvalue weighted by Crippen LogP contribution is -2.17. The molecule has 1 amide bonds. The molecule has 0 fully saturated rings. The molecule has 25 heavy (non-hydrogen) atoms. The molecule has 0 aromatic heterocycles. The van der Waals surface area contributed by atoms with Crippen LogP contribution in [0.3, 0.4) is 0 Å². The molecule has 0 saturated carbocycles. The van der Waals surface area contributed by atoms with Gasteiger partial charge in [-0.3, -0.25) is 4.79 Å². The first-order valence-electron chi connectivity index (χ1n) is 7.28. The van der Waals surface area contributed by atoms with Crippen molar-refractivity contribution in [2.45, 2.75) is 0 Å². The second-order valence-electron chi connectivity index (χ2n) is 4.87. The maximum atomic E-state index is 12.2. The molecule has 2 aromatic carbocycles. The van der Waals surface area contributed by atoms with Crippen molar-refractivity contribution < 1.29 is 19.4 Å². The third-order valence-corrected chi connectivity index (χ3v) is 3.64. The predicted molar refractivity (Wildman–Crippen MR) is 99.6 cm³/mol. The van der Waals surface area contributed by atoms with Gasteiger partial charge in [0.15, 0.2) is 11.5 Å². The second-order valence-corrected chi connectivity index (χ2v) is 5.78. The highest BCUT2D eigenvalue weighted by atomic mass is 79.9. The number of hydrazone groups is 1. The number of aromatic hydroxyl groups is 1. The van der Waals surface area contributed by atoms with Gasteiger partial charge in [0.05, 0.1) is 13.3 Å². The van der Waals surface area contributed by atoms with E-state index in [9.17, 15) is 9.90 Å². The Bertz CT molecular complexity index is 806. The van der Waals surface area contributed by atoms with E-state index in [1.165, 1.54) is 19.4 Å². The van der Waals surface area contributed by atoms with E-state index >= 15 is 0 Å². The molecule has 0 aliphatic carbocycles. The number of carbonyl (C=O) groups excluding carboxylic acids is 1. The van der Waals surface area contributed by atoms with Gasteiger partial charge in [0, 0.05) is 15.6 Å². The molecular weight excluding hydrogens is 388 g/mol. The van der Waals surface area contributed by atoms with Crippen LogP contribution < -0.4 is 14.9 Å². The first kappa shape index (κ1) is 18.5. The Morgan fingerprint density at radius 3 is 2.84 bits per heavy atom. The number of phenols is 1. The number of amides is 1. The van der Waals surface area contributed by atoms with E-state index in [1.54, 1.807) is 36.4 Å². The van der Waals surface area contributed by atoms with E-state index in [1.807, 2.05) is 0 Å². The highest BCUT2D eigenvalue weighted by Gasteiger charge is 2.10. The summed E-state index contributed by atoms with van der Waals surface area (Å²) in [6.07, 6.45) is 2.98. The third-order valence-electron chi connectivity index (χ3n) is 3.14. The standard InChI is InChI=1S/C18H17BrN2O4/c1-3-8-25-16-7-4-12(10-17(16)24-2)18(23)21-20-11-13-9-14(19)5-6-15(13)22/h3-7,9-11,22H,1,8H2,2H3,(H,21,23)/b20-11+. The van der Waals surface area contributed by atoms with Gasteiger partial charge in [0.2, 0.25) is 0 Å². The average molecular weight is 405 g/mol. The van der Waals surface area contributed by atoms with Gasteiger partial charge in [-0.1, -0.05) is 28.6 Å². The lowest BCUT2D eigenvalue weighted by Gasteiger charge is -2.10. The number of phenolic OH excluding ortho intramolecular Hbond substituents is 1. The Morgan fingerprint density at radius 2 is 2.12 bits per heavy atom. The molecule has 0 bridgehead atoms. The minimum atomic E-state index is -0.417. The SMILES string of the molecule is C=CCOc1ccc(C(=O)N/N=C/c2cc(Br)ccc2O)cc1OC. The molecular formula is C18H17BrN2O4. The molecule has 0 saturated heterocycles. The Balaban J connectivity index is 2.08. The molecule has 6 nitrogen and oxygen atoms in total. The number of ether oxygens (including phenoxy) is 2. The summed E-state index contributed by atoms with van der Waals surface area (Å²) in [5, 5.41) is 13.6. The van der Waals surface area contributed by atoms with Gasteiger partial charge in [0.1, 0.15) is 12.4 Å². The third kappa shape index (κ3) is 5.09. The quantitative estimate of drug-likeness (QED) is 0.420. The van der Waals surface area contributed by atoms with Gasteiger partial charge in [-0.15, -0.1) is 0 Å². The molecule has 0 atom stereocenters. The van der Waals surface area contributed by atoms with Crippen molar-refractivity contribution in [3.05, 3.63) is 64.7 Å². The highest BCUT2D eigenvalue weighted by Crippen LogP contribution is 2.28. The first-order chi connectivity index (χ1) is 12.0. The molecule has 7 heteroatoms. The number of hydrogen-bond donors (Lipinski definition) is 2. The summed E-state index contributed by atoms with van der Waals surface area (Å²) in [5.74, 6) is 0.593. The van der Waals surface area contributed by atoms with Crippen molar-refractivity contribution in [3.63, 3.8) is 0 Å². The van der Waals surface area contributed by atoms with E-state index in [2.05, 4.69) is 33.0 Å². The van der Waals surface area contributed by atoms with Gasteiger partial charge < -0.3 is 14.6 Å². The van der Waals surface area contributed by atoms with Crippen molar-refractivity contribution in [1.29, 1.82) is 0 Å². The van der Waals surface area contributed by atoms with Crippen molar-refractivity contribution in [2.24, 2.45) is 5.10 Å². The van der Waals surface area contributed by atoms with E-state index in [0.717, 1.165) is 4.47 Å². The number of halogens is 1. The van der Waals surface area contributed by atoms with E-state index in [0.29, 0.717) is 29.2 Å². The normalized spacial score (nSPS) is 10.5. The molecule has 0 aliphatic heterocycles. The van der Waals surface area contributed by atoms with Crippen molar-refractivity contribution in [2.75, 3.05) is 13.7 Å². The van der Waals surface area contributed by atoms with Crippen LogP contribution in [-0.2, 0) is 0 Å². The number of benzene rings is 2. The number of hydrogen-bond acceptors (Lipinski definition) is 5. The smallest absolute Gasteiger partial charge is 0.271 e. The Labute approximate surface area is 153 Å². The average Bonchev–Trinajstić information content (AvgIpc) is 2.62. The molecule has 0 heterocycles. The summed E-state index contributed by atoms with van der Waals surface area (Å²) in [7, 11) is 1.49. The Morgan fingerprint density at radius 1 is 1.32 bits per heavy atom. The number of methoxy groups -OCH3 is 1. The summed E-state index contributed by atoms with van der Waals surface area (Å²) in [5.41, 5.74) is 3.23. The second kappa shape index (κ2) is 8.89. The van der Waals surface area contributed by atoms with Gasteiger partial charge in [0.25, 0.3) is 5.91 Å². The molecule has 0 aliphatic rings. The van der Waals surface area contributed by atoms with E-state index in [-0.39, 0.29) is 5.75 Å². The summed E-state index contributed by atoms with van der Waals surface area (Å²) < 4.78 is 11.4.